The monoisotopic (exact) mass is 258 g/mol. The number of benzene rings is 2. The number of hydrogen-bond donors (Lipinski definition) is 1. The minimum atomic E-state index is -0.711. The predicted octanol–water partition coefficient (Wildman–Crippen LogP) is 4.14. The molecule has 0 heterocycles. The zero-order valence-electron chi connectivity index (χ0n) is 11.8. The number of hydrogen-bond acceptors (Lipinski definition) is 1. The van der Waals surface area contributed by atoms with Crippen molar-refractivity contribution in [3.63, 3.8) is 0 Å². The summed E-state index contributed by atoms with van der Waals surface area (Å²) >= 11 is 0. The summed E-state index contributed by atoms with van der Waals surface area (Å²) in [6.45, 7) is 7.50. The van der Waals surface area contributed by atoms with Crippen molar-refractivity contribution in [3.05, 3.63) is 69.5 Å². The second-order valence-electron chi connectivity index (χ2n) is 5.21. The Labute approximate surface area is 113 Å². The van der Waals surface area contributed by atoms with Crippen LogP contribution in [-0.2, 0) is 0 Å². The highest BCUT2D eigenvalue weighted by molar-refractivity contribution is 5.39. The standard InChI is InChI=1S/C17H19FO/c1-10-5-6-14(7-11(10)2)17(19)15-8-12(3)16(18)13(4)9-15/h5-9,17,19H,1-4H3. The second kappa shape index (κ2) is 5.14. The lowest BCUT2D eigenvalue weighted by Gasteiger charge is -2.15. The molecule has 0 fully saturated rings. The lowest BCUT2D eigenvalue weighted by atomic mass is 9.95. The summed E-state index contributed by atoms with van der Waals surface area (Å²) in [6, 6.07) is 9.32. The highest BCUT2D eigenvalue weighted by Gasteiger charge is 2.14. The highest BCUT2D eigenvalue weighted by Crippen LogP contribution is 2.26. The van der Waals surface area contributed by atoms with E-state index >= 15 is 0 Å². The quantitative estimate of drug-likeness (QED) is 0.858. The van der Waals surface area contributed by atoms with Crippen LogP contribution < -0.4 is 0 Å². The van der Waals surface area contributed by atoms with Gasteiger partial charge in [-0.1, -0.05) is 30.3 Å². The van der Waals surface area contributed by atoms with E-state index in [4.69, 9.17) is 0 Å². The van der Waals surface area contributed by atoms with Crippen LogP contribution in [0.1, 0.15) is 39.5 Å². The normalized spacial score (nSPS) is 12.5. The smallest absolute Gasteiger partial charge is 0.129 e. The van der Waals surface area contributed by atoms with Crippen molar-refractivity contribution in [2.75, 3.05) is 0 Å². The van der Waals surface area contributed by atoms with Crippen LogP contribution in [0.15, 0.2) is 30.3 Å². The van der Waals surface area contributed by atoms with Crippen molar-refractivity contribution in [2.24, 2.45) is 0 Å². The second-order valence-corrected chi connectivity index (χ2v) is 5.21. The van der Waals surface area contributed by atoms with Gasteiger partial charge >= 0.3 is 0 Å². The first-order valence-electron chi connectivity index (χ1n) is 6.42. The topological polar surface area (TPSA) is 20.2 Å². The van der Waals surface area contributed by atoms with Crippen molar-refractivity contribution in [1.29, 1.82) is 0 Å². The van der Waals surface area contributed by atoms with Gasteiger partial charge in [0.2, 0.25) is 0 Å². The summed E-state index contributed by atoms with van der Waals surface area (Å²) in [6.07, 6.45) is -0.711. The van der Waals surface area contributed by atoms with Crippen LogP contribution in [0.5, 0.6) is 0 Å². The minimum Gasteiger partial charge on any atom is -0.384 e. The van der Waals surface area contributed by atoms with Crippen molar-refractivity contribution in [3.8, 4) is 0 Å². The van der Waals surface area contributed by atoms with Crippen LogP contribution in [0.4, 0.5) is 4.39 Å². The molecule has 2 aromatic rings. The fourth-order valence-corrected chi connectivity index (χ4v) is 2.26. The van der Waals surface area contributed by atoms with Gasteiger partial charge in [-0.3, -0.25) is 0 Å². The molecule has 1 atom stereocenters. The van der Waals surface area contributed by atoms with Gasteiger partial charge in [-0.15, -0.1) is 0 Å². The van der Waals surface area contributed by atoms with Crippen molar-refractivity contribution in [1.82, 2.24) is 0 Å². The average Bonchev–Trinajstić information content (AvgIpc) is 2.37. The van der Waals surface area contributed by atoms with Crippen LogP contribution >= 0.6 is 0 Å². The van der Waals surface area contributed by atoms with Crippen molar-refractivity contribution >= 4 is 0 Å². The summed E-state index contributed by atoms with van der Waals surface area (Å²) in [5, 5.41) is 10.4. The van der Waals surface area contributed by atoms with E-state index in [2.05, 4.69) is 0 Å². The molecule has 2 aromatic carbocycles. The fourth-order valence-electron chi connectivity index (χ4n) is 2.26. The summed E-state index contributed by atoms with van der Waals surface area (Å²) in [7, 11) is 0. The number of rotatable bonds is 2. The maximum Gasteiger partial charge on any atom is 0.129 e. The Morgan fingerprint density at radius 2 is 1.32 bits per heavy atom. The Kier molecular flexibility index (Phi) is 3.72. The molecular formula is C17H19FO. The third kappa shape index (κ3) is 2.69. The van der Waals surface area contributed by atoms with Crippen LogP contribution in [0.25, 0.3) is 0 Å². The van der Waals surface area contributed by atoms with Crippen molar-refractivity contribution < 1.29 is 9.50 Å². The van der Waals surface area contributed by atoms with E-state index in [1.54, 1.807) is 26.0 Å². The van der Waals surface area contributed by atoms with Gasteiger partial charge in [-0.25, -0.2) is 4.39 Å². The largest absolute Gasteiger partial charge is 0.384 e. The number of halogens is 1. The Morgan fingerprint density at radius 1 is 0.789 bits per heavy atom. The summed E-state index contributed by atoms with van der Waals surface area (Å²) < 4.78 is 13.6. The van der Waals surface area contributed by atoms with E-state index in [0.717, 1.165) is 16.7 Å². The molecule has 0 aliphatic rings. The third-order valence-electron chi connectivity index (χ3n) is 3.62. The molecule has 0 spiro atoms. The molecule has 0 aromatic heterocycles. The molecule has 0 saturated heterocycles. The summed E-state index contributed by atoms with van der Waals surface area (Å²) in [5.41, 5.74) is 5.05. The average molecular weight is 258 g/mol. The van der Waals surface area contributed by atoms with Crippen molar-refractivity contribution in [2.45, 2.75) is 33.8 Å². The lowest BCUT2D eigenvalue weighted by Crippen LogP contribution is -2.03. The number of aliphatic hydroxyl groups excluding tert-OH is 1. The van der Waals surface area contributed by atoms with Gasteiger partial charge in [-0.2, -0.15) is 0 Å². The molecule has 1 N–H and O–H groups in total. The van der Waals surface area contributed by atoms with Gasteiger partial charge in [0.05, 0.1) is 0 Å². The third-order valence-corrected chi connectivity index (χ3v) is 3.62. The molecule has 2 rings (SSSR count). The van der Waals surface area contributed by atoms with Gasteiger partial charge in [0, 0.05) is 0 Å². The van der Waals surface area contributed by atoms with Gasteiger partial charge in [-0.05, 0) is 61.1 Å². The predicted molar refractivity (Wildman–Crippen MR) is 75.9 cm³/mol. The summed E-state index contributed by atoms with van der Waals surface area (Å²) in [4.78, 5) is 0. The van der Waals surface area contributed by atoms with Gasteiger partial charge in [0.15, 0.2) is 0 Å². The lowest BCUT2D eigenvalue weighted by molar-refractivity contribution is 0.220. The zero-order valence-corrected chi connectivity index (χ0v) is 11.8. The first-order valence-corrected chi connectivity index (χ1v) is 6.42. The molecule has 1 nitrogen and oxygen atoms in total. The first kappa shape index (κ1) is 13.8. The van der Waals surface area contributed by atoms with Crippen LogP contribution in [0, 0.1) is 33.5 Å². The van der Waals surface area contributed by atoms with Gasteiger partial charge < -0.3 is 5.11 Å². The van der Waals surface area contributed by atoms with E-state index < -0.39 is 6.10 Å². The Hall–Kier alpha value is -1.67. The molecule has 19 heavy (non-hydrogen) atoms. The van der Waals surface area contributed by atoms with Crippen LogP contribution in [0.3, 0.4) is 0 Å². The SMILES string of the molecule is Cc1ccc(C(O)c2cc(C)c(F)c(C)c2)cc1C. The van der Waals surface area contributed by atoms with Gasteiger partial charge in [0.25, 0.3) is 0 Å². The van der Waals surface area contributed by atoms with E-state index in [1.165, 1.54) is 5.56 Å². The molecule has 100 valence electrons. The maximum atomic E-state index is 13.6. The molecule has 0 saturated carbocycles. The maximum absolute atomic E-state index is 13.6. The van der Waals surface area contributed by atoms with E-state index in [-0.39, 0.29) is 5.82 Å². The molecule has 0 radical (unpaired) electrons. The van der Waals surface area contributed by atoms with Crippen LogP contribution in [-0.4, -0.2) is 5.11 Å². The Morgan fingerprint density at radius 3 is 1.84 bits per heavy atom. The van der Waals surface area contributed by atoms with Crippen LogP contribution in [0.2, 0.25) is 0 Å². The molecule has 0 amide bonds. The number of aliphatic hydroxyl groups is 1. The van der Waals surface area contributed by atoms with E-state index in [1.807, 2.05) is 32.0 Å². The Bertz CT molecular complexity index is 594. The highest BCUT2D eigenvalue weighted by atomic mass is 19.1. The molecule has 2 heteroatoms. The van der Waals surface area contributed by atoms with Gasteiger partial charge in [0.1, 0.15) is 11.9 Å². The molecule has 1 unspecified atom stereocenters. The first-order chi connectivity index (χ1) is 8.90. The number of aryl methyl sites for hydroxylation is 4. The Balaban J connectivity index is 2.43. The fraction of sp³-hybridized carbons (Fsp3) is 0.294. The minimum absolute atomic E-state index is 0.198. The zero-order chi connectivity index (χ0) is 14.2. The van der Waals surface area contributed by atoms with E-state index in [0.29, 0.717) is 11.1 Å². The molecule has 0 aliphatic heterocycles. The summed E-state index contributed by atoms with van der Waals surface area (Å²) in [5.74, 6) is -0.198. The van der Waals surface area contributed by atoms with E-state index in [9.17, 15) is 9.50 Å². The molecule has 0 aliphatic carbocycles. The molecular weight excluding hydrogens is 239 g/mol. The molecule has 0 bridgehead atoms.